The molecule has 0 aliphatic rings. The predicted molar refractivity (Wildman–Crippen MR) is 94.3 cm³/mol. The molecule has 4 aromatic rings. The van der Waals surface area contributed by atoms with E-state index in [-0.39, 0.29) is 5.78 Å². The fourth-order valence-electron chi connectivity index (χ4n) is 2.99. The van der Waals surface area contributed by atoms with Crippen LogP contribution in [0.2, 0.25) is 0 Å². The Morgan fingerprint density at radius 3 is 2.70 bits per heavy atom. The lowest BCUT2D eigenvalue weighted by molar-refractivity contribution is 0.104. The molecule has 0 aliphatic carbocycles. The molecule has 3 heterocycles. The normalized spacial score (nSPS) is 11.4. The summed E-state index contributed by atoms with van der Waals surface area (Å²) in [6.07, 6.45) is 1.98. The number of rotatable bonds is 2. The maximum atomic E-state index is 12.7. The second-order valence-electron chi connectivity index (χ2n) is 5.71. The average molecular weight is 321 g/mol. The molecule has 0 saturated carbocycles. The fourth-order valence-corrected chi connectivity index (χ4v) is 4.05. The number of fused-ring (bicyclic) bond motifs is 3. The monoisotopic (exact) mass is 321 g/mol. The average Bonchev–Trinajstić information content (AvgIpc) is 3.04. The number of nitrogens with zero attached hydrogens (tertiary/aromatic N) is 2. The molecule has 5 heteroatoms. The van der Waals surface area contributed by atoms with Crippen molar-refractivity contribution >= 4 is 38.5 Å². The van der Waals surface area contributed by atoms with Gasteiger partial charge in [-0.05, 0) is 25.0 Å². The zero-order chi connectivity index (χ0) is 16.1. The van der Waals surface area contributed by atoms with Crippen LogP contribution in [0, 0.1) is 13.8 Å². The minimum atomic E-state index is -0.0472. The molecule has 1 aromatic carbocycles. The first kappa shape index (κ1) is 14.0. The van der Waals surface area contributed by atoms with Gasteiger partial charge in [0.2, 0.25) is 5.78 Å². The lowest BCUT2D eigenvalue weighted by Gasteiger charge is -2.03. The number of nitrogen functional groups attached to an aromatic ring is 1. The van der Waals surface area contributed by atoms with Crippen LogP contribution in [0.3, 0.4) is 0 Å². The maximum absolute atomic E-state index is 12.7. The molecule has 2 N–H and O–H groups in total. The van der Waals surface area contributed by atoms with Crippen LogP contribution in [0.4, 0.5) is 5.69 Å². The van der Waals surface area contributed by atoms with E-state index in [4.69, 9.17) is 5.73 Å². The number of benzene rings is 1. The highest BCUT2D eigenvalue weighted by molar-refractivity contribution is 7.21. The summed E-state index contributed by atoms with van der Waals surface area (Å²) < 4.78 is 1.86. The largest absolute Gasteiger partial charge is 0.397 e. The molecule has 0 atom stereocenters. The summed E-state index contributed by atoms with van der Waals surface area (Å²) in [4.78, 5) is 14.1. The lowest BCUT2D eigenvalue weighted by atomic mass is 10.1. The van der Waals surface area contributed by atoms with Crippen molar-refractivity contribution in [3.05, 3.63) is 64.2 Å². The molecule has 4 rings (SSSR count). The van der Waals surface area contributed by atoms with Crippen molar-refractivity contribution < 1.29 is 4.79 Å². The summed E-state index contributed by atoms with van der Waals surface area (Å²) in [6.45, 7) is 4.08. The summed E-state index contributed by atoms with van der Waals surface area (Å²) in [5, 5.41) is 5.48. The molecule has 0 radical (unpaired) electrons. The summed E-state index contributed by atoms with van der Waals surface area (Å²) >= 11 is 1.36. The van der Waals surface area contributed by atoms with E-state index in [2.05, 4.69) is 11.2 Å². The Hall–Kier alpha value is -2.66. The zero-order valence-corrected chi connectivity index (χ0v) is 13.6. The number of nitrogens with two attached hydrogens (primary N) is 1. The first-order valence-corrected chi connectivity index (χ1v) is 8.15. The van der Waals surface area contributed by atoms with Gasteiger partial charge < -0.3 is 5.73 Å². The summed E-state index contributed by atoms with van der Waals surface area (Å²) in [6, 6.07) is 11.3. The molecule has 0 unspecified atom stereocenters. The van der Waals surface area contributed by atoms with Gasteiger partial charge in [-0.1, -0.05) is 36.4 Å². The van der Waals surface area contributed by atoms with E-state index >= 15 is 0 Å². The fraction of sp³-hybridized carbons (Fsp3) is 0.111. The van der Waals surface area contributed by atoms with Crippen LogP contribution in [0.5, 0.6) is 0 Å². The molecular formula is C18H15N3OS. The van der Waals surface area contributed by atoms with Crippen molar-refractivity contribution in [2.45, 2.75) is 13.8 Å². The number of thiophene rings is 1. The van der Waals surface area contributed by atoms with Crippen LogP contribution in [0.1, 0.15) is 26.4 Å². The van der Waals surface area contributed by atoms with Crippen molar-refractivity contribution in [1.82, 2.24) is 9.61 Å². The minimum absolute atomic E-state index is 0.0472. The molecule has 3 aromatic heterocycles. The highest BCUT2D eigenvalue weighted by atomic mass is 32.1. The zero-order valence-electron chi connectivity index (χ0n) is 12.8. The van der Waals surface area contributed by atoms with Crippen molar-refractivity contribution in [1.29, 1.82) is 0 Å². The molecule has 0 spiro atoms. The van der Waals surface area contributed by atoms with Crippen molar-refractivity contribution in [2.75, 3.05) is 5.73 Å². The molecule has 0 saturated heterocycles. The van der Waals surface area contributed by atoms with Gasteiger partial charge in [0.1, 0.15) is 9.71 Å². The van der Waals surface area contributed by atoms with Gasteiger partial charge in [0, 0.05) is 11.8 Å². The third kappa shape index (κ3) is 2.04. The van der Waals surface area contributed by atoms with Crippen LogP contribution < -0.4 is 5.73 Å². The number of ketones is 1. The molecule has 0 aliphatic heterocycles. The van der Waals surface area contributed by atoms with Crippen molar-refractivity contribution in [2.24, 2.45) is 0 Å². The van der Waals surface area contributed by atoms with Crippen LogP contribution in [-0.2, 0) is 0 Å². The van der Waals surface area contributed by atoms with E-state index < -0.39 is 0 Å². The first-order chi connectivity index (χ1) is 11.1. The number of hydrogen-bond donors (Lipinski definition) is 1. The molecule has 0 bridgehead atoms. The van der Waals surface area contributed by atoms with Gasteiger partial charge in [-0.25, -0.2) is 4.52 Å². The van der Waals surface area contributed by atoms with Gasteiger partial charge >= 0.3 is 0 Å². The number of aryl methyl sites for hydroxylation is 2. The van der Waals surface area contributed by atoms with Gasteiger partial charge in [-0.2, -0.15) is 5.10 Å². The number of aromatic nitrogens is 2. The third-order valence-corrected chi connectivity index (χ3v) is 5.07. The minimum Gasteiger partial charge on any atom is -0.397 e. The molecule has 4 nitrogen and oxygen atoms in total. The third-order valence-electron chi connectivity index (χ3n) is 3.98. The van der Waals surface area contributed by atoms with E-state index in [1.807, 2.05) is 42.8 Å². The van der Waals surface area contributed by atoms with E-state index in [9.17, 15) is 4.79 Å². The smallest absolute Gasteiger partial charge is 0.205 e. The van der Waals surface area contributed by atoms with Gasteiger partial charge in [0.05, 0.1) is 16.6 Å². The van der Waals surface area contributed by atoms with E-state index in [1.165, 1.54) is 11.3 Å². The summed E-state index contributed by atoms with van der Waals surface area (Å²) in [5.41, 5.74) is 10.7. The Labute approximate surface area is 137 Å². The predicted octanol–water partition coefficient (Wildman–Crippen LogP) is 3.98. The number of carbonyl (C=O) groups is 1. The molecular weight excluding hydrogens is 306 g/mol. The van der Waals surface area contributed by atoms with E-state index in [0.29, 0.717) is 16.1 Å². The molecule has 23 heavy (non-hydrogen) atoms. The molecule has 114 valence electrons. The van der Waals surface area contributed by atoms with Crippen LogP contribution >= 0.6 is 11.3 Å². The van der Waals surface area contributed by atoms with Crippen molar-refractivity contribution in [3.8, 4) is 0 Å². The van der Waals surface area contributed by atoms with Gasteiger partial charge in [0.15, 0.2) is 0 Å². The lowest BCUT2D eigenvalue weighted by Crippen LogP contribution is -2.02. The highest BCUT2D eigenvalue weighted by Gasteiger charge is 2.22. The Balaban J connectivity index is 1.97. The van der Waals surface area contributed by atoms with Gasteiger partial charge in [-0.3, -0.25) is 4.79 Å². The van der Waals surface area contributed by atoms with Gasteiger partial charge in [0.25, 0.3) is 0 Å². The Bertz CT molecular complexity index is 1060. The maximum Gasteiger partial charge on any atom is 0.205 e. The topological polar surface area (TPSA) is 60.4 Å². The SMILES string of the molecule is Cc1cc(C)c2c3c(N)c(C(=O)c4ccccc4)sc3nn2c1. The molecule has 0 fully saturated rings. The van der Waals surface area contributed by atoms with E-state index in [0.717, 1.165) is 26.9 Å². The van der Waals surface area contributed by atoms with Crippen LogP contribution in [-0.4, -0.2) is 15.4 Å². The summed E-state index contributed by atoms with van der Waals surface area (Å²) in [7, 11) is 0. The van der Waals surface area contributed by atoms with Crippen LogP contribution in [0.15, 0.2) is 42.6 Å². The Morgan fingerprint density at radius 1 is 1.22 bits per heavy atom. The Kier molecular flexibility index (Phi) is 2.99. The molecule has 0 amide bonds. The standard InChI is InChI=1S/C18H15N3OS/c1-10-8-11(2)15-13-14(19)17(23-18(13)20-21(15)9-10)16(22)12-6-4-3-5-7-12/h3-9H,19H2,1-2H3. The first-order valence-electron chi connectivity index (χ1n) is 7.33. The van der Waals surface area contributed by atoms with Crippen molar-refractivity contribution in [3.63, 3.8) is 0 Å². The van der Waals surface area contributed by atoms with Crippen LogP contribution in [0.25, 0.3) is 15.7 Å². The van der Waals surface area contributed by atoms with Gasteiger partial charge in [-0.15, -0.1) is 11.3 Å². The Morgan fingerprint density at radius 2 is 1.96 bits per heavy atom. The number of anilines is 1. The summed E-state index contributed by atoms with van der Waals surface area (Å²) in [5.74, 6) is -0.0472. The quantitative estimate of drug-likeness (QED) is 0.568. The van der Waals surface area contributed by atoms with E-state index in [1.54, 1.807) is 12.1 Å². The number of hydrogen-bond acceptors (Lipinski definition) is 4. The number of pyridine rings is 1. The second-order valence-corrected chi connectivity index (χ2v) is 6.71. The highest BCUT2D eigenvalue weighted by Crippen LogP contribution is 2.38. The number of carbonyl (C=O) groups excluding carboxylic acids is 1. The second kappa shape index (κ2) is 4.93.